The fraction of sp³-hybridized carbons (Fsp3) is 0.366. The molecule has 1 saturated heterocycles. The molecular weight excluding hydrogens is 613 g/mol. The Morgan fingerprint density at radius 3 is 1.81 bits per heavy atom. The predicted octanol–water partition coefficient (Wildman–Crippen LogP) is 8.69. The molecule has 2 atom stereocenters. The first-order valence-corrected chi connectivity index (χ1v) is 19.9. The molecule has 1 amide bonds. The minimum absolute atomic E-state index is 0.0411. The van der Waals surface area contributed by atoms with E-state index in [2.05, 4.69) is 50.9 Å². The summed E-state index contributed by atoms with van der Waals surface area (Å²) in [5.41, 5.74) is 4.01. The molecule has 0 aromatic heterocycles. The third-order valence-corrected chi connectivity index (χ3v) is 14.3. The highest BCUT2D eigenvalue weighted by atomic mass is 28.4. The minimum atomic E-state index is -2.10. The van der Waals surface area contributed by atoms with Crippen LogP contribution in [0, 0.1) is 0 Å². The number of nitrogens with zero attached hydrogens (tertiary/aromatic N) is 2. The molecule has 1 fully saturated rings. The van der Waals surface area contributed by atoms with Crippen LogP contribution in [0.15, 0.2) is 121 Å². The Labute approximate surface area is 287 Å². The molecule has 252 valence electrons. The monoisotopic (exact) mass is 662 g/mol. The Morgan fingerprint density at radius 2 is 1.29 bits per heavy atom. The molecule has 0 spiro atoms. The van der Waals surface area contributed by atoms with Crippen LogP contribution in [0.1, 0.15) is 55.4 Å². The summed E-state index contributed by atoms with van der Waals surface area (Å²) in [5, 5.41) is 0.0411. The quantitative estimate of drug-likeness (QED) is 0.134. The van der Waals surface area contributed by atoms with Gasteiger partial charge in [-0.15, -0.1) is 0 Å². The zero-order valence-electron chi connectivity index (χ0n) is 29.0. The van der Waals surface area contributed by atoms with Crippen LogP contribution in [0.5, 0.6) is 0 Å². The highest BCUT2D eigenvalue weighted by molar-refractivity contribution is 6.74. The molecule has 0 aliphatic carbocycles. The number of ketones is 1. The van der Waals surface area contributed by atoms with E-state index in [0.29, 0.717) is 26.1 Å². The topological polar surface area (TPSA) is 59.1 Å². The maximum atomic E-state index is 14.4. The van der Waals surface area contributed by atoms with Crippen molar-refractivity contribution in [2.45, 2.75) is 76.5 Å². The lowest BCUT2D eigenvalue weighted by Gasteiger charge is -2.38. The molecule has 1 aliphatic rings. The van der Waals surface area contributed by atoms with Crippen molar-refractivity contribution in [3.05, 3.63) is 144 Å². The van der Waals surface area contributed by atoms with Crippen LogP contribution >= 0.6 is 0 Å². The zero-order chi connectivity index (χ0) is 34.1. The lowest BCUT2D eigenvalue weighted by atomic mass is 9.87. The Morgan fingerprint density at radius 1 is 0.792 bits per heavy atom. The van der Waals surface area contributed by atoms with Gasteiger partial charge in [0.05, 0.1) is 24.6 Å². The lowest BCUT2D eigenvalue weighted by Crippen LogP contribution is -2.45. The van der Waals surface area contributed by atoms with Gasteiger partial charge >= 0.3 is 6.09 Å². The van der Waals surface area contributed by atoms with Gasteiger partial charge in [0.15, 0.2) is 14.1 Å². The molecule has 0 N–H and O–H groups in total. The summed E-state index contributed by atoms with van der Waals surface area (Å²) in [6, 6.07) is 39.8. The van der Waals surface area contributed by atoms with E-state index >= 15 is 0 Å². The first kappa shape index (κ1) is 35.3. The number of hydrogen-bond acceptors (Lipinski definition) is 5. The van der Waals surface area contributed by atoms with Crippen LogP contribution in [-0.4, -0.2) is 61.8 Å². The van der Waals surface area contributed by atoms with Crippen molar-refractivity contribution in [3.8, 4) is 0 Å². The van der Waals surface area contributed by atoms with Crippen LogP contribution < -0.4 is 0 Å². The van der Waals surface area contributed by atoms with Gasteiger partial charge in [-0.25, -0.2) is 4.79 Å². The van der Waals surface area contributed by atoms with Crippen LogP contribution in [0.3, 0.4) is 0 Å². The van der Waals surface area contributed by atoms with E-state index in [0.717, 1.165) is 22.3 Å². The maximum Gasteiger partial charge on any atom is 0.410 e. The first-order valence-electron chi connectivity index (χ1n) is 17.0. The molecule has 4 aromatic rings. The molecule has 1 aliphatic heterocycles. The molecule has 5 rings (SSSR count). The van der Waals surface area contributed by atoms with E-state index in [1.807, 2.05) is 114 Å². The predicted molar refractivity (Wildman–Crippen MR) is 195 cm³/mol. The van der Waals surface area contributed by atoms with Crippen molar-refractivity contribution >= 4 is 20.2 Å². The Hall–Kier alpha value is -4.04. The number of hydrogen-bond donors (Lipinski definition) is 0. The van der Waals surface area contributed by atoms with Gasteiger partial charge in [0.1, 0.15) is 6.61 Å². The SMILES string of the molecule is CC(C)(C)[Si](C)(C)O[C@@H]1C[C@@H](CN(CC(=O)C(c2ccccc2)c2ccccc2)Cc2ccccc2)N(C(=O)OCc2ccccc2)C1. The zero-order valence-corrected chi connectivity index (χ0v) is 30.0. The van der Waals surface area contributed by atoms with Gasteiger partial charge in [0.25, 0.3) is 0 Å². The Kier molecular flexibility index (Phi) is 11.7. The fourth-order valence-corrected chi connectivity index (χ4v) is 7.60. The second kappa shape index (κ2) is 15.9. The van der Waals surface area contributed by atoms with Gasteiger partial charge in [-0.1, -0.05) is 142 Å². The van der Waals surface area contributed by atoms with E-state index in [-0.39, 0.29) is 42.2 Å². The third kappa shape index (κ3) is 9.31. The van der Waals surface area contributed by atoms with E-state index < -0.39 is 14.2 Å². The summed E-state index contributed by atoms with van der Waals surface area (Å²) >= 11 is 0. The van der Waals surface area contributed by atoms with Crippen molar-refractivity contribution in [1.82, 2.24) is 9.80 Å². The van der Waals surface area contributed by atoms with Gasteiger partial charge in [-0.2, -0.15) is 0 Å². The van der Waals surface area contributed by atoms with Gasteiger partial charge < -0.3 is 14.1 Å². The van der Waals surface area contributed by atoms with Crippen LogP contribution in [-0.2, 0) is 27.1 Å². The Bertz CT molecular complexity index is 1550. The van der Waals surface area contributed by atoms with Crippen molar-refractivity contribution in [3.63, 3.8) is 0 Å². The number of benzene rings is 4. The number of ether oxygens (including phenoxy) is 1. The van der Waals surface area contributed by atoms with Crippen LogP contribution in [0.25, 0.3) is 0 Å². The molecule has 0 saturated carbocycles. The maximum absolute atomic E-state index is 14.4. The highest BCUT2D eigenvalue weighted by Gasteiger charge is 2.44. The van der Waals surface area contributed by atoms with Gasteiger partial charge in [-0.05, 0) is 46.8 Å². The number of likely N-dealkylation sites (tertiary alicyclic amines) is 1. The van der Waals surface area contributed by atoms with Crippen molar-refractivity contribution in [1.29, 1.82) is 0 Å². The number of carbonyl (C=O) groups is 2. The molecule has 1 heterocycles. The average Bonchev–Trinajstić information content (AvgIpc) is 3.46. The number of amides is 1. The number of rotatable bonds is 13. The number of Topliss-reactive ketones (excluding diaryl/α,β-unsaturated/α-hetero) is 1. The van der Waals surface area contributed by atoms with Gasteiger partial charge in [0, 0.05) is 19.6 Å². The largest absolute Gasteiger partial charge is 0.445 e. The molecular formula is C41H50N2O4Si. The van der Waals surface area contributed by atoms with E-state index in [1.54, 1.807) is 0 Å². The first-order chi connectivity index (χ1) is 23.0. The van der Waals surface area contributed by atoms with Crippen molar-refractivity contribution in [2.75, 3.05) is 19.6 Å². The van der Waals surface area contributed by atoms with Crippen LogP contribution in [0.4, 0.5) is 4.79 Å². The molecule has 4 aromatic carbocycles. The van der Waals surface area contributed by atoms with Crippen molar-refractivity contribution < 1.29 is 18.8 Å². The molecule has 0 bridgehead atoms. The molecule has 48 heavy (non-hydrogen) atoms. The summed E-state index contributed by atoms with van der Waals surface area (Å²) in [6.45, 7) is 13.2. The van der Waals surface area contributed by atoms with Gasteiger partial charge in [0.2, 0.25) is 0 Å². The van der Waals surface area contributed by atoms with Crippen LogP contribution in [0.2, 0.25) is 18.1 Å². The smallest absolute Gasteiger partial charge is 0.410 e. The van der Waals surface area contributed by atoms with Gasteiger partial charge in [-0.3, -0.25) is 9.69 Å². The molecule has 7 heteroatoms. The Balaban J connectivity index is 1.41. The molecule has 6 nitrogen and oxygen atoms in total. The fourth-order valence-electron chi connectivity index (χ4n) is 6.24. The molecule has 0 unspecified atom stereocenters. The van der Waals surface area contributed by atoms with Crippen molar-refractivity contribution in [2.24, 2.45) is 0 Å². The number of carbonyl (C=O) groups excluding carboxylic acids is 2. The van der Waals surface area contributed by atoms with E-state index in [1.165, 1.54) is 0 Å². The third-order valence-electron chi connectivity index (χ3n) is 9.77. The normalized spacial score (nSPS) is 16.8. The lowest BCUT2D eigenvalue weighted by molar-refractivity contribution is -0.121. The average molecular weight is 663 g/mol. The second-order valence-corrected chi connectivity index (χ2v) is 19.2. The highest BCUT2D eigenvalue weighted by Crippen LogP contribution is 2.39. The summed E-state index contributed by atoms with van der Waals surface area (Å²) in [5.74, 6) is -0.274. The van der Waals surface area contributed by atoms with E-state index in [4.69, 9.17) is 9.16 Å². The molecule has 0 radical (unpaired) electrons. The summed E-state index contributed by atoms with van der Waals surface area (Å²) in [7, 11) is -2.10. The second-order valence-electron chi connectivity index (χ2n) is 14.5. The minimum Gasteiger partial charge on any atom is -0.445 e. The summed E-state index contributed by atoms with van der Waals surface area (Å²) in [4.78, 5) is 32.2. The standard InChI is InChI=1S/C41H50N2O4Si/c1-41(2,3)48(4,5)47-37-26-36(43(29-37)40(45)46-31-33-20-12-7-13-21-33)28-42(27-32-18-10-6-11-19-32)30-38(44)39(34-22-14-8-15-23-34)35-24-16-9-17-25-35/h6-25,36-37,39H,26-31H2,1-5H3/t36-,37+/m0/s1. The summed E-state index contributed by atoms with van der Waals surface area (Å²) in [6.07, 6.45) is 0.242. The van der Waals surface area contributed by atoms with E-state index in [9.17, 15) is 9.59 Å². The summed E-state index contributed by atoms with van der Waals surface area (Å²) < 4.78 is 12.8.